The van der Waals surface area contributed by atoms with E-state index in [4.69, 9.17) is 5.73 Å². The summed E-state index contributed by atoms with van der Waals surface area (Å²) in [6.07, 6.45) is 4.57. The first-order chi connectivity index (χ1) is 11.8. The lowest BCUT2D eigenvalue weighted by molar-refractivity contribution is -0.137. The average Bonchev–Trinajstić information content (AvgIpc) is 3.07. The summed E-state index contributed by atoms with van der Waals surface area (Å²) in [5.74, 6) is -0.220. The van der Waals surface area contributed by atoms with Gasteiger partial charge in [0.25, 0.3) is 0 Å². The zero-order chi connectivity index (χ0) is 18.0. The first-order valence-corrected chi connectivity index (χ1v) is 8.31. The van der Waals surface area contributed by atoms with E-state index in [9.17, 15) is 18.0 Å². The monoisotopic (exact) mass is 351 g/mol. The maximum absolute atomic E-state index is 12.9. The first kappa shape index (κ1) is 17.5. The zero-order valence-corrected chi connectivity index (χ0v) is 13.7. The number of rotatable bonds is 4. The highest BCUT2D eigenvalue weighted by Gasteiger charge is 2.33. The van der Waals surface area contributed by atoms with E-state index in [-0.39, 0.29) is 11.5 Å². The van der Waals surface area contributed by atoms with Gasteiger partial charge in [0.2, 0.25) is 5.91 Å². The highest BCUT2D eigenvalue weighted by Crippen LogP contribution is 2.39. The topological polar surface area (TPSA) is 60.9 Å². The van der Waals surface area contributed by atoms with Crippen molar-refractivity contribution in [3.05, 3.63) is 53.6 Å². The SMILES string of the molecule is NC(=O)c1cc(C(F)(F)F)ccc1[C@H]1CC[C@H](Cn2ccnc2)CC1. The number of nitrogens with two attached hydrogens (primary N) is 1. The van der Waals surface area contributed by atoms with Gasteiger partial charge in [0.1, 0.15) is 0 Å². The summed E-state index contributed by atoms with van der Waals surface area (Å²) < 4.78 is 40.7. The van der Waals surface area contributed by atoms with E-state index in [2.05, 4.69) is 4.98 Å². The summed E-state index contributed by atoms with van der Waals surface area (Å²) in [5.41, 5.74) is 5.13. The maximum atomic E-state index is 12.9. The molecule has 1 fully saturated rings. The van der Waals surface area contributed by atoms with Crippen molar-refractivity contribution in [1.82, 2.24) is 9.55 Å². The first-order valence-electron chi connectivity index (χ1n) is 8.31. The van der Waals surface area contributed by atoms with Gasteiger partial charge in [-0.3, -0.25) is 4.79 Å². The number of imidazole rings is 1. The van der Waals surface area contributed by atoms with Gasteiger partial charge >= 0.3 is 6.18 Å². The van der Waals surface area contributed by atoms with Crippen molar-refractivity contribution in [2.45, 2.75) is 44.3 Å². The molecule has 7 heteroatoms. The number of aromatic nitrogens is 2. The van der Waals surface area contributed by atoms with Gasteiger partial charge in [0.15, 0.2) is 0 Å². The molecule has 4 nitrogen and oxygen atoms in total. The standard InChI is InChI=1S/C18H20F3N3O/c19-18(20,21)14-5-6-15(16(9-14)17(22)25)13-3-1-12(2-4-13)10-24-8-7-23-11-24/h5-9,11-13H,1-4,10H2,(H2,22,25)/t12-,13-. The third-order valence-electron chi connectivity index (χ3n) is 4.96. The molecule has 25 heavy (non-hydrogen) atoms. The van der Waals surface area contributed by atoms with Crippen LogP contribution in [0.25, 0.3) is 0 Å². The van der Waals surface area contributed by atoms with E-state index in [0.29, 0.717) is 11.5 Å². The van der Waals surface area contributed by atoms with Crippen molar-refractivity contribution in [3.8, 4) is 0 Å². The minimum atomic E-state index is -4.48. The molecule has 0 radical (unpaired) electrons. The molecule has 0 atom stereocenters. The molecule has 1 aliphatic rings. The number of primary amides is 1. The Kier molecular flexibility index (Phi) is 4.83. The number of benzene rings is 1. The van der Waals surface area contributed by atoms with Gasteiger partial charge in [0, 0.05) is 24.5 Å². The second kappa shape index (κ2) is 6.90. The molecule has 134 valence electrons. The smallest absolute Gasteiger partial charge is 0.366 e. The van der Waals surface area contributed by atoms with Crippen LogP contribution in [0.3, 0.4) is 0 Å². The molecule has 1 aliphatic carbocycles. The van der Waals surface area contributed by atoms with Crippen LogP contribution in [0.5, 0.6) is 0 Å². The molecule has 0 bridgehead atoms. The second-order valence-corrected chi connectivity index (χ2v) is 6.64. The third-order valence-corrected chi connectivity index (χ3v) is 4.96. The van der Waals surface area contributed by atoms with Gasteiger partial charge in [-0.05, 0) is 55.2 Å². The Labute approximate surface area is 143 Å². The van der Waals surface area contributed by atoms with Gasteiger partial charge in [0.05, 0.1) is 11.9 Å². The lowest BCUT2D eigenvalue weighted by Gasteiger charge is -2.30. The fourth-order valence-electron chi connectivity index (χ4n) is 3.65. The molecule has 2 aromatic rings. The fraction of sp³-hybridized carbons (Fsp3) is 0.444. The van der Waals surface area contributed by atoms with Crippen molar-refractivity contribution < 1.29 is 18.0 Å². The van der Waals surface area contributed by atoms with Crippen molar-refractivity contribution in [3.63, 3.8) is 0 Å². The molecule has 1 aromatic heterocycles. The zero-order valence-electron chi connectivity index (χ0n) is 13.7. The van der Waals surface area contributed by atoms with Gasteiger partial charge in [-0.1, -0.05) is 6.07 Å². The summed E-state index contributed by atoms with van der Waals surface area (Å²) >= 11 is 0. The minimum Gasteiger partial charge on any atom is -0.366 e. The largest absolute Gasteiger partial charge is 0.416 e. The molecule has 1 saturated carbocycles. The normalized spacial score (nSPS) is 21.2. The molecule has 1 heterocycles. The van der Waals surface area contributed by atoms with Crippen LogP contribution in [-0.4, -0.2) is 15.5 Å². The number of hydrogen-bond donors (Lipinski definition) is 1. The molecule has 1 amide bonds. The number of nitrogens with zero attached hydrogens (tertiary/aromatic N) is 2. The molecular weight excluding hydrogens is 331 g/mol. The van der Waals surface area contributed by atoms with Crippen LogP contribution in [0.1, 0.15) is 53.1 Å². The molecule has 2 N–H and O–H groups in total. The molecule has 0 aliphatic heterocycles. The Morgan fingerprint density at radius 2 is 1.96 bits per heavy atom. The van der Waals surface area contributed by atoms with Gasteiger partial charge in [-0.25, -0.2) is 4.98 Å². The minimum absolute atomic E-state index is 0.00659. The van der Waals surface area contributed by atoms with Crippen LogP contribution in [0.4, 0.5) is 13.2 Å². The molecule has 1 aromatic carbocycles. The van der Waals surface area contributed by atoms with E-state index < -0.39 is 17.6 Å². The summed E-state index contributed by atoms with van der Waals surface area (Å²) in [5, 5.41) is 0. The Morgan fingerprint density at radius 1 is 1.24 bits per heavy atom. The van der Waals surface area contributed by atoms with Crippen molar-refractivity contribution in [2.24, 2.45) is 11.7 Å². The van der Waals surface area contributed by atoms with E-state index in [0.717, 1.165) is 44.4 Å². The predicted octanol–water partition coefficient (Wildman–Crippen LogP) is 3.97. The van der Waals surface area contributed by atoms with Crippen molar-refractivity contribution in [2.75, 3.05) is 0 Å². The van der Waals surface area contributed by atoms with Crippen LogP contribution in [0, 0.1) is 5.92 Å². The fourth-order valence-corrected chi connectivity index (χ4v) is 3.65. The lowest BCUT2D eigenvalue weighted by atomic mass is 9.77. The number of carbonyl (C=O) groups is 1. The lowest BCUT2D eigenvalue weighted by Crippen LogP contribution is -2.21. The highest BCUT2D eigenvalue weighted by molar-refractivity contribution is 5.94. The number of amides is 1. The highest BCUT2D eigenvalue weighted by atomic mass is 19.4. The quantitative estimate of drug-likeness (QED) is 0.906. The molecule has 0 unspecified atom stereocenters. The summed E-state index contributed by atoms with van der Waals surface area (Å²) in [6.45, 7) is 0.891. The second-order valence-electron chi connectivity index (χ2n) is 6.64. The Hall–Kier alpha value is -2.31. The maximum Gasteiger partial charge on any atom is 0.416 e. The van der Waals surface area contributed by atoms with E-state index in [1.807, 2.05) is 10.8 Å². The Bertz CT molecular complexity index is 733. The number of alkyl halides is 3. The third kappa shape index (κ3) is 4.03. The van der Waals surface area contributed by atoms with Gasteiger partial charge < -0.3 is 10.3 Å². The summed E-state index contributed by atoms with van der Waals surface area (Å²) in [7, 11) is 0. The van der Waals surface area contributed by atoms with E-state index in [1.54, 1.807) is 12.5 Å². The van der Waals surface area contributed by atoms with Crippen LogP contribution in [-0.2, 0) is 12.7 Å². The number of halogens is 3. The summed E-state index contributed by atoms with van der Waals surface area (Å²) in [4.78, 5) is 15.7. The van der Waals surface area contributed by atoms with E-state index >= 15 is 0 Å². The molecule has 3 rings (SSSR count). The predicted molar refractivity (Wildman–Crippen MR) is 86.9 cm³/mol. The van der Waals surface area contributed by atoms with Crippen molar-refractivity contribution in [1.29, 1.82) is 0 Å². The van der Waals surface area contributed by atoms with Crippen molar-refractivity contribution >= 4 is 5.91 Å². The summed E-state index contributed by atoms with van der Waals surface area (Å²) in [6, 6.07) is 3.35. The van der Waals surface area contributed by atoms with Crippen LogP contribution in [0.2, 0.25) is 0 Å². The van der Waals surface area contributed by atoms with Crippen LogP contribution >= 0.6 is 0 Å². The number of hydrogen-bond acceptors (Lipinski definition) is 2. The van der Waals surface area contributed by atoms with E-state index in [1.165, 1.54) is 6.07 Å². The number of carbonyl (C=O) groups excluding carboxylic acids is 1. The van der Waals surface area contributed by atoms with Crippen LogP contribution < -0.4 is 5.73 Å². The average molecular weight is 351 g/mol. The Balaban J connectivity index is 1.73. The molecule has 0 saturated heterocycles. The Morgan fingerprint density at radius 3 is 2.52 bits per heavy atom. The molecule has 0 spiro atoms. The molecular formula is C18H20F3N3O. The van der Waals surface area contributed by atoms with Gasteiger partial charge in [-0.15, -0.1) is 0 Å². The van der Waals surface area contributed by atoms with Gasteiger partial charge in [-0.2, -0.15) is 13.2 Å². The van der Waals surface area contributed by atoms with Crippen LogP contribution in [0.15, 0.2) is 36.9 Å².